The molecule has 1 amide bonds. The Morgan fingerprint density at radius 1 is 1.19 bits per heavy atom. The normalized spacial score (nSPS) is 23.7. The zero-order valence-electron chi connectivity index (χ0n) is 15.5. The van der Waals surface area contributed by atoms with Crippen LogP contribution < -0.4 is 0 Å². The van der Waals surface area contributed by atoms with Gasteiger partial charge in [0.15, 0.2) is 5.69 Å². The molecule has 1 atom stereocenters. The van der Waals surface area contributed by atoms with Gasteiger partial charge >= 0.3 is 5.97 Å². The molecule has 1 saturated heterocycles. The smallest absolute Gasteiger partial charge is 0.356 e. The number of carbonyl (C=O) groups is 2. The molecule has 4 rings (SSSR count). The van der Waals surface area contributed by atoms with E-state index in [1.807, 2.05) is 9.58 Å². The Kier molecular flexibility index (Phi) is 4.73. The maximum Gasteiger partial charge on any atom is 0.356 e. The quantitative estimate of drug-likeness (QED) is 0.865. The number of carbonyl (C=O) groups excluding carboxylic acids is 1. The monoisotopic (exact) mass is 360 g/mol. The van der Waals surface area contributed by atoms with Gasteiger partial charge in [0, 0.05) is 37.3 Å². The van der Waals surface area contributed by atoms with Crippen LogP contribution in [-0.4, -0.2) is 62.2 Å². The zero-order chi connectivity index (χ0) is 18.3. The maximum absolute atomic E-state index is 13.1. The molecule has 0 spiro atoms. The van der Waals surface area contributed by atoms with Crippen LogP contribution in [0.3, 0.4) is 0 Å². The van der Waals surface area contributed by atoms with Gasteiger partial charge < -0.3 is 10.0 Å². The molecule has 3 aliphatic rings. The third-order valence-corrected chi connectivity index (χ3v) is 6.08. The van der Waals surface area contributed by atoms with Crippen LogP contribution in [-0.2, 0) is 24.3 Å². The van der Waals surface area contributed by atoms with E-state index >= 15 is 0 Å². The van der Waals surface area contributed by atoms with E-state index in [9.17, 15) is 14.7 Å². The zero-order valence-corrected chi connectivity index (χ0v) is 15.5. The minimum absolute atomic E-state index is 0.0508. The summed E-state index contributed by atoms with van der Waals surface area (Å²) in [6.07, 6.45) is 6.26. The van der Waals surface area contributed by atoms with E-state index in [1.54, 1.807) is 0 Å². The lowest BCUT2D eigenvalue weighted by Crippen LogP contribution is -2.51. The van der Waals surface area contributed by atoms with E-state index in [0.717, 1.165) is 50.2 Å². The van der Waals surface area contributed by atoms with Crippen molar-refractivity contribution in [3.63, 3.8) is 0 Å². The van der Waals surface area contributed by atoms with Crippen molar-refractivity contribution < 1.29 is 14.7 Å². The molecule has 0 aromatic carbocycles. The first-order valence-electron chi connectivity index (χ1n) is 9.93. The standard InChI is InChI=1S/C19H28N4O3/c1-2-21-9-4-3-5-16(21)18(24)22-10-8-15-14(12-22)17(19(25)26)20-23(15)11-13-6-7-13/h13,16H,2-12H2,1H3,(H,25,26)/t16-/m0/s1. The maximum atomic E-state index is 13.1. The Bertz CT molecular complexity index is 710. The number of carboxylic acids is 1. The summed E-state index contributed by atoms with van der Waals surface area (Å²) in [4.78, 5) is 28.9. The van der Waals surface area contributed by atoms with Crippen LogP contribution in [0.2, 0.25) is 0 Å². The van der Waals surface area contributed by atoms with Gasteiger partial charge in [-0.3, -0.25) is 14.4 Å². The largest absolute Gasteiger partial charge is 0.476 e. The predicted octanol–water partition coefficient (Wildman–Crippen LogP) is 1.75. The lowest BCUT2D eigenvalue weighted by Gasteiger charge is -2.38. The molecule has 26 heavy (non-hydrogen) atoms. The van der Waals surface area contributed by atoms with Crippen molar-refractivity contribution in [3.05, 3.63) is 17.0 Å². The van der Waals surface area contributed by atoms with E-state index in [4.69, 9.17) is 0 Å². The first-order valence-corrected chi connectivity index (χ1v) is 9.93. The summed E-state index contributed by atoms with van der Waals surface area (Å²) in [6.45, 7) is 5.82. The second-order valence-corrected chi connectivity index (χ2v) is 7.85. The third kappa shape index (κ3) is 3.24. The van der Waals surface area contributed by atoms with Crippen molar-refractivity contribution in [2.75, 3.05) is 19.6 Å². The molecule has 1 saturated carbocycles. The van der Waals surface area contributed by atoms with Gasteiger partial charge in [0.1, 0.15) is 0 Å². The van der Waals surface area contributed by atoms with Crippen LogP contribution >= 0.6 is 0 Å². The lowest BCUT2D eigenvalue weighted by atomic mass is 9.98. The number of aromatic carboxylic acids is 1. The van der Waals surface area contributed by atoms with Gasteiger partial charge in [-0.15, -0.1) is 0 Å². The fourth-order valence-electron chi connectivity index (χ4n) is 4.41. The summed E-state index contributed by atoms with van der Waals surface area (Å²) in [5.74, 6) is -0.193. The lowest BCUT2D eigenvalue weighted by molar-refractivity contribution is -0.139. The Balaban J connectivity index is 1.55. The van der Waals surface area contributed by atoms with Gasteiger partial charge in [-0.1, -0.05) is 13.3 Å². The molecule has 1 aliphatic carbocycles. The van der Waals surface area contributed by atoms with E-state index < -0.39 is 5.97 Å². The highest BCUT2D eigenvalue weighted by Crippen LogP contribution is 2.33. The Morgan fingerprint density at radius 2 is 2.00 bits per heavy atom. The van der Waals surface area contributed by atoms with Gasteiger partial charge in [-0.25, -0.2) is 4.79 Å². The van der Waals surface area contributed by atoms with Crippen LogP contribution in [0.1, 0.15) is 60.8 Å². The van der Waals surface area contributed by atoms with Crippen molar-refractivity contribution in [1.29, 1.82) is 0 Å². The summed E-state index contributed by atoms with van der Waals surface area (Å²) in [6, 6.07) is -0.0508. The summed E-state index contributed by atoms with van der Waals surface area (Å²) in [5.41, 5.74) is 1.90. The molecule has 7 nitrogen and oxygen atoms in total. The van der Waals surface area contributed by atoms with Gasteiger partial charge in [0.25, 0.3) is 0 Å². The number of piperidine rings is 1. The first kappa shape index (κ1) is 17.5. The molecule has 1 aromatic heterocycles. The number of nitrogens with zero attached hydrogens (tertiary/aromatic N) is 4. The Labute approximate surface area is 153 Å². The Morgan fingerprint density at radius 3 is 2.69 bits per heavy atom. The number of hydrogen-bond donors (Lipinski definition) is 1. The van der Waals surface area contributed by atoms with E-state index in [0.29, 0.717) is 25.4 Å². The number of aromatic nitrogens is 2. The second-order valence-electron chi connectivity index (χ2n) is 7.85. The summed E-state index contributed by atoms with van der Waals surface area (Å²) >= 11 is 0. The van der Waals surface area contributed by atoms with Crippen LogP contribution in [0.25, 0.3) is 0 Å². The number of likely N-dealkylation sites (tertiary alicyclic amines) is 1. The SMILES string of the molecule is CCN1CCCC[C@H]1C(=O)N1CCc2c(c(C(=O)O)nn2CC2CC2)C1. The number of fused-ring (bicyclic) bond motifs is 1. The van der Waals surface area contributed by atoms with Gasteiger partial charge in [0.05, 0.1) is 6.04 Å². The molecule has 0 radical (unpaired) electrons. The molecule has 7 heteroatoms. The molecule has 3 heterocycles. The van der Waals surface area contributed by atoms with Crippen LogP contribution in [0.4, 0.5) is 0 Å². The highest BCUT2D eigenvalue weighted by Gasteiger charge is 2.36. The van der Waals surface area contributed by atoms with Gasteiger partial charge in [-0.05, 0) is 44.7 Å². The van der Waals surface area contributed by atoms with Gasteiger partial charge in [0.2, 0.25) is 5.91 Å². The van der Waals surface area contributed by atoms with E-state index in [2.05, 4.69) is 16.9 Å². The third-order valence-electron chi connectivity index (χ3n) is 6.08. The number of amides is 1. The summed E-state index contributed by atoms with van der Waals surface area (Å²) in [5, 5.41) is 13.9. The predicted molar refractivity (Wildman–Crippen MR) is 95.9 cm³/mol. The van der Waals surface area contributed by atoms with Crippen LogP contribution in [0.5, 0.6) is 0 Å². The van der Waals surface area contributed by atoms with Crippen molar-refractivity contribution in [2.45, 2.75) is 64.6 Å². The molecule has 1 N–H and O–H groups in total. The average molecular weight is 360 g/mol. The molecule has 0 bridgehead atoms. The molecule has 142 valence electrons. The molecule has 1 aromatic rings. The summed E-state index contributed by atoms with van der Waals surface area (Å²) < 4.78 is 1.90. The van der Waals surface area contributed by atoms with Crippen molar-refractivity contribution in [1.82, 2.24) is 19.6 Å². The number of rotatable bonds is 5. The van der Waals surface area contributed by atoms with Crippen LogP contribution in [0.15, 0.2) is 0 Å². The summed E-state index contributed by atoms with van der Waals surface area (Å²) in [7, 11) is 0. The van der Waals surface area contributed by atoms with Crippen molar-refractivity contribution in [3.8, 4) is 0 Å². The van der Waals surface area contributed by atoms with Crippen LogP contribution in [0, 0.1) is 5.92 Å². The highest BCUT2D eigenvalue weighted by molar-refractivity contribution is 5.88. The number of likely N-dealkylation sites (N-methyl/N-ethyl adjacent to an activating group) is 1. The van der Waals surface area contributed by atoms with E-state index in [-0.39, 0.29) is 17.6 Å². The number of carboxylic acid groups (broad SMARTS) is 1. The minimum atomic E-state index is -0.988. The molecular weight excluding hydrogens is 332 g/mol. The van der Waals surface area contributed by atoms with Crippen molar-refractivity contribution in [2.24, 2.45) is 5.92 Å². The molecule has 0 unspecified atom stereocenters. The fourth-order valence-corrected chi connectivity index (χ4v) is 4.41. The van der Waals surface area contributed by atoms with Gasteiger partial charge in [-0.2, -0.15) is 5.10 Å². The number of hydrogen-bond acceptors (Lipinski definition) is 4. The van der Waals surface area contributed by atoms with E-state index in [1.165, 1.54) is 12.8 Å². The first-order chi connectivity index (χ1) is 12.6. The Hall–Kier alpha value is -1.89. The second kappa shape index (κ2) is 7.02. The minimum Gasteiger partial charge on any atom is -0.476 e. The molecule has 2 fully saturated rings. The average Bonchev–Trinajstić information content (AvgIpc) is 3.40. The highest BCUT2D eigenvalue weighted by atomic mass is 16.4. The van der Waals surface area contributed by atoms with Crippen molar-refractivity contribution >= 4 is 11.9 Å². The topological polar surface area (TPSA) is 78.7 Å². The molecular formula is C19H28N4O3. The molecule has 2 aliphatic heterocycles. The fraction of sp³-hybridized carbons (Fsp3) is 0.737.